The number of nitrogens with one attached hydrogen (secondary N) is 1. The van der Waals surface area contributed by atoms with Gasteiger partial charge in [0.05, 0.1) is 16.8 Å². The zero-order valence-electron chi connectivity index (χ0n) is 13.0. The van der Waals surface area contributed by atoms with Crippen LogP contribution in [-0.2, 0) is 10.5 Å². The van der Waals surface area contributed by atoms with E-state index in [2.05, 4.69) is 17.4 Å². The Hall–Kier alpha value is -1.65. The highest BCUT2D eigenvalue weighted by Gasteiger charge is 2.12. The van der Waals surface area contributed by atoms with Crippen LogP contribution in [0.5, 0.6) is 5.75 Å². The molecule has 0 aromatic heterocycles. The van der Waals surface area contributed by atoms with Crippen molar-refractivity contribution in [3.8, 4) is 5.75 Å². The van der Waals surface area contributed by atoms with Gasteiger partial charge in [-0.25, -0.2) is 0 Å². The van der Waals surface area contributed by atoms with E-state index in [-0.39, 0.29) is 11.2 Å². The number of hydrogen-bond donors (Lipinski definition) is 1. The van der Waals surface area contributed by atoms with E-state index in [9.17, 15) is 4.79 Å². The summed E-state index contributed by atoms with van der Waals surface area (Å²) in [4.78, 5) is 12.0. The third kappa shape index (κ3) is 6.16. The second-order valence-corrected chi connectivity index (χ2v) is 6.75. The number of carbonyl (C=O) groups is 1. The number of amides is 1. The molecule has 0 aliphatic heterocycles. The molecular formula is C18H20ClNO2S. The summed E-state index contributed by atoms with van der Waals surface area (Å²) < 4.78 is 5.54. The summed E-state index contributed by atoms with van der Waals surface area (Å²) in [6, 6.07) is 17.4. The highest BCUT2D eigenvalue weighted by Crippen LogP contribution is 2.22. The molecule has 0 saturated heterocycles. The summed E-state index contributed by atoms with van der Waals surface area (Å²) in [6.45, 7) is 2.77. The van der Waals surface area contributed by atoms with Crippen molar-refractivity contribution in [2.45, 2.75) is 17.9 Å². The zero-order chi connectivity index (χ0) is 16.5. The Morgan fingerprint density at radius 2 is 1.87 bits per heavy atom. The fraction of sp³-hybridized carbons (Fsp3) is 0.278. The van der Waals surface area contributed by atoms with E-state index in [0.29, 0.717) is 23.9 Å². The van der Waals surface area contributed by atoms with Crippen LogP contribution in [0.3, 0.4) is 0 Å². The molecule has 0 bridgehead atoms. The Balaban J connectivity index is 1.65. The molecule has 0 aliphatic rings. The Kier molecular flexibility index (Phi) is 7.30. The van der Waals surface area contributed by atoms with Gasteiger partial charge in [0, 0.05) is 5.75 Å². The lowest BCUT2D eigenvalue weighted by Gasteiger charge is -2.13. The van der Waals surface area contributed by atoms with Crippen molar-refractivity contribution in [1.29, 1.82) is 0 Å². The van der Waals surface area contributed by atoms with Gasteiger partial charge in [0.2, 0.25) is 5.91 Å². The molecule has 0 saturated carbocycles. The van der Waals surface area contributed by atoms with Crippen LogP contribution in [0.4, 0.5) is 0 Å². The third-order valence-corrected chi connectivity index (χ3v) is 4.73. The van der Waals surface area contributed by atoms with Crippen molar-refractivity contribution < 1.29 is 9.53 Å². The van der Waals surface area contributed by atoms with Crippen molar-refractivity contribution in [2.75, 3.05) is 13.2 Å². The fourth-order valence-electron chi connectivity index (χ4n) is 1.91. The van der Waals surface area contributed by atoms with Crippen molar-refractivity contribution in [3.05, 3.63) is 65.2 Å². The number of carbonyl (C=O) groups excluding carboxylic acids is 1. The topological polar surface area (TPSA) is 38.3 Å². The molecular weight excluding hydrogens is 330 g/mol. The minimum atomic E-state index is -0.101. The van der Waals surface area contributed by atoms with Gasteiger partial charge in [-0.15, -0.1) is 11.8 Å². The first kappa shape index (κ1) is 17.7. The molecule has 23 heavy (non-hydrogen) atoms. The Morgan fingerprint density at radius 1 is 1.17 bits per heavy atom. The molecule has 2 aromatic carbocycles. The summed E-state index contributed by atoms with van der Waals surface area (Å²) in [7, 11) is 0. The molecule has 3 nitrogen and oxygen atoms in total. The first-order valence-corrected chi connectivity index (χ1v) is 8.90. The number of hydrogen-bond acceptors (Lipinski definition) is 3. The van der Waals surface area contributed by atoms with E-state index in [1.54, 1.807) is 17.8 Å². The van der Waals surface area contributed by atoms with Gasteiger partial charge in [-0.2, -0.15) is 0 Å². The number of benzene rings is 2. The molecule has 0 heterocycles. The Labute approximate surface area is 146 Å². The van der Waals surface area contributed by atoms with E-state index in [4.69, 9.17) is 16.3 Å². The zero-order valence-corrected chi connectivity index (χ0v) is 14.6. The van der Waals surface area contributed by atoms with Gasteiger partial charge in [0.25, 0.3) is 0 Å². The average Bonchev–Trinajstić information content (AvgIpc) is 2.58. The summed E-state index contributed by atoms with van der Waals surface area (Å²) in [5, 5.41) is 3.35. The lowest BCUT2D eigenvalue weighted by Crippen LogP contribution is -2.34. The van der Waals surface area contributed by atoms with Crippen LogP contribution >= 0.6 is 23.4 Å². The molecule has 0 aliphatic carbocycles. The maximum absolute atomic E-state index is 12.0. The molecule has 0 fully saturated rings. The van der Waals surface area contributed by atoms with Gasteiger partial charge in [-0.3, -0.25) is 4.79 Å². The van der Waals surface area contributed by atoms with Gasteiger partial charge >= 0.3 is 0 Å². The van der Waals surface area contributed by atoms with Gasteiger partial charge in [-0.1, -0.05) is 54.1 Å². The van der Waals surface area contributed by atoms with Crippen LogP contribution < -0.4 is 10.1 Å². The smallest absolute Gasteiger partial charge is 0.232 e. The predicted octanol–water partition coefficient (Wildman–Crippen LogP) is 4.16. The Morgan fingerprint density at radius 3 is 2.61 bits per heavy atom. The van der Waals surface area contributed by atoms with Crippen molar-refractivity contribution in [3.63, 3.8) is 0 Å². The van der Waals surface area contributed by atoms with Crippen LogP contribution in [0, 0.1) is 0 Å². The quantitative estimate of drug-likeness (QED) is 0.727. The van der Waals surface area contributed by atoms with E-state index < -0.39 is 0 Å². The molecule has 0 spiro atoms. The van der Waals surface area contributed by atoms with Gasteiger partial charge < -0.3 is 10.1 Å². The van der Waals surface area contributed by atoms with E-state index in [1.807, 2.05) is 43.3 Å². The van der Waals surface area contributed by atoms with E-state index in [0.717, 1.165) is 5.75 Å². The molecule has 0 unspecified atom stereocenters. The van der Waals surface area contributed by atoms with Crippen LogP contribution in [-0.4, -0.2) is 24.3 Å². The highest BCUT2D eigenvalue weighted by molar-refractivity contribution is 7.99. The maximum Gasteiger partial charge on any atom is 0.232 e. The van der Waals surface area contributed by atoms with Crippen molar-refractivity contribution in [2.24, 2.45) is 0 Å². The molecule has 122 valence electrons. The fourth-order valence-corrected chi connectivity index (χ4v) is 2.97. The first-order valence-electron chi connectivity index (χ1n) is 7.47. The maximum atomic E-state index is 12.0. The summed E-state index contributed by atoms with van der Waals surface area (Å²) in [5.41, 5.74) is 1.22. The van der Waals surface area contributed by atoms with E-state index >= 15 is 0 Å². The lowest BCUT2D eigenvalue weighted by atomic mass is 10.2. The van der Waals surface area contributed by atoms with Gasteiger partial charge in [-0.05, 0) is 24.6 Å². The van der Waals surface area contributed by atoms with Crippen LogP contribution in [0.25, 0.3) is 0 Å². The monoisotopic (exact) mass is 349 g/mol. The molecule has 5 heteroatoms. The second-order valence-electron chi connectivity index (χ2n) is 5.01. The Bertz CT molecular complexity index is 621. The van der Waals surface area contributed by atoms with E-state index in [1.165, 1.54) is 5.56 Å². The highest BCUT2D eigenvalue weighted by atomic mass is 35.5. The van der Waals surface area contributed by atoms with Gasteiger partial charge in [0.1, 0.15) is 12.4 Å². The summed E-state index contributed by atoms with van der Waals surface area (Å²) in [6.07, 6.45) is 0. The number of ether oxygens (including phenoxy) is 1. The van der Waals surface area contributed by atoms with Crippen molar-refractivity contribution >= 4 is 29.3 Å². The van der Waals surface area contributed by atoms with Crippen LogP contribution in [0.1, 0.15) is 12.5 Å². The number of halogens is 1. The SMILES string of the molecule is C[C@@H](SCc1ccccc1)C(=O)NCCOc1ccccc1Cl. The molecule has 2 aromatic rings. The molecule has 1 atom stereocenters. The van der Waals surface area contributed by atoms with Crippen molar-refractivity contribution in [1.82, 2.24) is 5.32 Å². The molecule has 1 N–H and O–H groups in total. The first-order chi connectivity index (χ1) is 11.2. The minimum absolute atomic E-state index is 0.0219. The molecule has 2 rings (SSSR count). The summed E-state index contributed by atoms with van der Waals surface area (Å²) >= 11 is 7.62. The number of thioether (sulfide) groups is 1. The molecule has 0 radical (unpaired) electrons. The summed E-state index contributed by atoms with van der Waals surface area (Å²) in [5.74, 6) is 1.48. The average molecular weight is 350 g/mol. The standard InChI is InChI=1S/C18H20ClNO2S/c1-14(23-13-15-7-3-2-4-8-15)18(21)20-11-12-22-17-10-6-5-9-16(17)19/h2-10,14H,11-13H2,1H3,(H,20,21)/t14-/m1/s1. The number of para-hydroxylation sites is 1. The minimum Gasteiger partial charge on any atom is -0.490 e. The normalized spacial score (nSPS) is 11.7. The van der Waals surface area contributed by atoms with Gasteiger partial charge in [0.15, 0.2) is 0 Å². The molecule has 1 amide bonds. The second kappa shape index (κ2) is 9.48. The number of rotatable bonds is 8. The third-order valence-electron chi connectivity index (χ3n) is 3.21. The predicted molar refractivity (Wildman–Crippen MR) is 97.2 cm³/mol. The lowest BCUT2D eigenvalue weighted by molar-refractivity contribution is -0.120. The largest absolute Gasteiger partial charge is 0.490 e. The van der Waals surface area contributed by atoms with Crippen LogP contribution in [0.2, 0.25) is 5.02 Å². The van der Waals surface area contributed by atoms with Crippen LogP contribution in [0.15, 0.2) is 54.6 Å².